The first-order chi connectivity index (χ1) is 3.18. The summed E-state index contributed by atoms with van der Waals surface area (Å²) in [6.07, 6.45) is -0.498. The van der Waals surface area contributed by atoms with Crippen molar-refractivity contribution in [3.8, 4) is 0 Å². The highest BCUT2D eigenvalue weighted by Gasteiger charge is 2.05. The molecule has 0 amide bonds. The second kappa shape index (κ2) is 2.99. The van der Waals surface area contributed by atoms with Crippen LogP contribution in [-0.2, 0) is 0 Å². The highest BCUT2D eigenvalue weighted by atomic mass is 16.3. The summed E-state index contributed by atoms with van der Waals surface area (Å²) < 4.78 is 0. The summed E-state index contributed by atoms with van der Waals surface area (Å²) >= 11 is 0. The molecule has 0 aromatic heterocycles. The molecule has 2 N–H and O–H groups in total. The lowest BCUT2D eigenvalue weighted by Gasteiger charge is -2.08. The lowest BCUT2D eigenvalue weighted by atomic mass is 10.2. The van der Waals surface area contributed by atoms with Crippen molar-refractivity contribution in [2.45, 2.75) is 32.5 Å². The predicted molar refractivity (Wildman–Crippen MR) is 28.0 cm³/mol. The van der Waals surface area contributed by atoms with Crippen LogP contribution in [0.3, 0.4) is 0 Å². The van der Waals surface area contributed by atoms with E-state index >= 15 is 0 Å². The molecule has 0 unspecified atom stereocenters. The molecule has 44 valence electrons. The third-order valence-electron chi connectivity index (χ3n) is 0.975. The fourth-order valence-corrected chi connectivity index (χ4v) is 0.341. The molecule has 0 aromatic carbocycles. The Morgan fingerprint density at radius 3 is 1.86 bits per heavy atom. The van der Waals surface area contributed by atoms with E-state index in [2.05, 4.69) is 0 Å². The Bertz CT molecular complexity index is 43.3. The number of rotatable bonds is 2. The van der Waals surface area contributed by atoms with Crippen LogP contribution >= 0.6 is 0 Å². The van der Waals surface area contributed by atoms with Crippen LogP contribution in [0.15, 0.2) is 0 Å². The summed E-state index contributed by atoms with van der Waals surface area (Å²) in [5, 5.41) is 17.3. The van der Waals surface area contributed by atoms with Crippen LogP contribution in [0.2, 0.25) is 0 Å². The number of hydrogen-bond acceptors (Lipinski definition) is 2. The third kappa shape index (κ3) is 2.60. The van der Waals surface area contributed by atoms with Gasteiger partial charge in [0.1, 0.15) is 0 Å². The lowest BCUT2D eigenvalue weighted by molar-refractivity contribution is 0.0294. The van der Waals surface area contributed by atoms with Gasteiger partial charge in [0, 0.05) is 0 Å². The van der Waals surface area contributed by atoms with Gasteiger partial charge in [-0.15, -0.1) is 0 Å². The molecule has 0 heterocycles. The molecule has 7 heavy (non-hydrogen) atoms. The molecule has 0 saturated heterocycles. The van der Waals surface area contributed by atoms with Crippen LogP contribution in [0.1, 0.15) is 20.3 Å². The van der Waals surface area contributed by atoms with Crippen molar-refractivity contribution in [2.24, 2.45) is 0 Å². The minimum Gasteiger partial charge on any atom is -0.391 e. The molecule has 0 saturated carbocycles. The summed E-state index contributed by atoms with van der Waals surface area (Å²) in [7, 11) is 0. The zero-order valence-corrected chi connectivity index (χ0v) is 4.76. The second-order valence-corrected chi connectivity index (χ2v) is 1.72. The van der Waals surface area contributed by atoms with Gasteiger partial charge in [-0.05, 0) is 13.3 Å². The van der Waals surface area contributed by atoms with Gasteiger partial charge in [-0.1, -0.05) is 6.92 Å². The van der Waals surface area contributed by atoms with Crippen LogP contribution in [0.4, 0.5) is 0 Å². The van der Waals surface area contributed by atoms with Gasteiger partial charge < -0.3 is 10.2 Å². The van der Waals surface area contributed by atoms with Crippen molar-refractivity contribution in [3.05, 3.63) is 0 Å². The van der Waals surface area contributed by atoms with Crippen LogP contribution in [0.25, 0.3) is 0 Å². The molecule has 2 atom stereocenters. The molecule has 0 spiro atoms. The first kappa shape index (κ1) is 6.92. The molecule has 2 heteroatoms. The fraction of sp³-hybridized carbons (Fsp3) is 1.00. The number of hydrogen-bond donors (Lipinski definition) is 2. The van der Waals surface area contributed by atoms with E-state index in [0.29, 0.717) is 6.42 Å². The van der Waals surface area contributed by atoms with E-state index in [1.54, 1.807) is 6.92 Å². The maximum Gasteiger partial charge on any atom is 0.0793 e. The summed E-state index contributed by atoms with van der Waals surface area (Å²) in [6, 6.07) is 0. The Hall–Kier alpha value is -0.0800. The van der Waals surface area contributed by atoms with Crippen LogP contribution in [-0.4, -0.2) is 22.4 Å². The molecule has 0 rings (SSSR count). The molecule has 0 aliphatic carbocycles. The summed E-state index contributed by atoms with van der Waals surface area (Å²) in [5.41, 5.74) is 0. The Balaban J connectivity index is 3.14. The molecule has 2 nitrogen and oxygen atoms in total. The molecule has 0 aliphatic heterocycles. The van der Waals surface area contributed by atoms with E-state index in [9.17, 15) is 0 Å². The molecule has 0 fully saturated rings. The van der Waals surface area contributed by atoms with E-state index in [1.165, 1.54) is 0 Å². The van der Waals surface area contributed by atoms with E-state index in [0.717, 1.165) is 0 Å². The first-order valence-corrected chi connectivity index (χ1v) is 2.54. The normalized spacial score (nSPS) is 18.9. The molecular formula is C5H12O2. The second-order valence-electron chi connectivity index (χ2n) is 1.72. The maximum absolute atomic E-state index is 8.69. The molecular weight excluding hydrogens is 92.1 g/mol. The van der Waals surface area contributed by atoms with Crippen molar-refractivity contribution in [2.75, 3.05) is 0 Å². The minimum atomic E-state index is -0.579. The predicted octanol–water partition coefficient (Wildman–Crippen LogP) is 0.138. The molecule has 0 radical (unpaired) electrons. The van der Waals surface area contributed by atoms with Crippen LogP contribution < -0.4 is 0 Å². The summed E-state index contributed by atoms with van der Waals surface area (Å²) in [5.74, 6) is 0. The van der Waals surface area contributed by atoms with E-state index in [4.69, 9.17) is 10.2 Å². The monoisotopic (exact) mass is 104 g/mol. The topological polar surface area (TPSA) is 40.5 Å². The van der Waals surface area contributed by atoms with Crippen molar-refractivity contribution in [1.82, 2.24) is 0 Å². The number of aliphatic hydroxyl groups is 2. The highest BCUT2D eigenvalue weighted by molar-refractivity contribution is 4.56. The average molecular weight is 104 g/mol. The molecule has 0 aromatic rings. The Labute approximate surface area is 43.8 Å². The minimum absolute atomic E-state index is 0.542. The Morgan fingerprint density at radius 2 is 1.86 bits per heavy atom. The van der Waals surface area contributed by atoms with E-state index in [-0.39, 0.29) is 0 Å². The first-order valence-electron chi connectivity index (χ1n) is 2.54. The van der Waals surface area contributed by atoms with Gasteiger partial charge in [0.05, 0.1) is 12.2 Å². The van der Waals surface area contributed by atoms with Gasteiger partial charge in [0.2, 0.25) is 0 Å². The quantitative estimate of drug-likeness (QED) is 0.523. The Morgan fingerprint density at radius 1 is 1.43 bits per heavy atom. The third-order valence-corrected chi connectivity index (χ3v) is 0.975. The zero-order valence-electron chi connectivity index (χ0n) is 4.76. The standard InChI is InChI=1S/C5H12O2/c1-3-5(7)4(2)6/h4-7H,3H2,1-2H3/t4-,5+/m0/s1. The van der Waals surface area contributed by atoms with Gasteiger partial charge >= 0.3 is 0 Å². The van der Waals surface area contributed by atoms with Gasteiger partial charge in [-0.25, -0.2) is 0 Å². The van der Waals surface area contributed by atoms with Crippen molar-refractivity contribution >= 4 is 0 Å². The van der Waals surface area contributed by atoms with Crippen LogP contribution in [0.5, 0.6) is 0 Å². The Kier molecular flexibility index (Phi) is 2.96. The van der Waals surface area contributed by atoms with E-state index < -0.39 is 12.2 Å². The van der Waals surface area contributed by atoms with Crippen molar-refractivity contribution < 1.29 is 10.2 Å². The smallest absolute Gasteiger partial charge is 0.0793 e. The van der Waals surface area contributed by atoms with Gasteiger partial charge in [-0.2, -0.15) is 0 Å². The fourth-order valence-electron chi connectivity index (χ4n) is 0.341. The molecule has 0 aliphatic rings. The SMILES string of the molecule is CC[C@@H](O)[C@H](C)O. The average Bonchev–Trinajstić information content (AvgIpc) is 1.65. The van der Waals surface area contributed by atoms with E-state index in [1.807, 2.05) is 6.92 Å². The van der Waals surface area contributed by atoms with Crippen molar-refractivity contribution in [1.29, 1.82) is 0 Å². The van der Waals surface area contributed by atoms with Crippen LogP contribution in [0, 0.1) is 0 Å². The highest BCUT2D eigenvalue weighted by Crippen LogP contribution is 1.94. The van der Waals surface area contributed by atoms with Crippen molar-refractivity contribution in [3.63, 3.8) is 0 Å². The summed E-state index contributed by atoms with van der Waals surface area (Å²) in [6.45, 7) is 3.41. The van der Waals surface area contributed by atoms with Gasteiger partial charge in [0.25, 0.3) is 0 Å². The van der Waals surface area contributed by atoms with Gasteiger partial charge in [-0.3, -0.25) is 0 Å². The number of aliphatic hydroxyl groups excluding tert-OH is 2. The summed E-state index contributed by atoms with van der Waals surface area (Å²) in [4.78, 5) is 0. The van der Waals surface area contributed by atoms with Gasteiger partial charge in [0.15, 0.2) is 0 Å². The largest absolute Gasteiger partial charge is 0.391 e. The maximum atomic E-state index is 8.69. The zero-order chi connectivity index (χ0) is 5.86. The lowest BCUT2D eigenvalue weighted by Crippen LogP contribution is -2.20. The molecule has 0 bridgehead atoms.